The molecule has 11 heteroatoms. The highest BCUT2D eigenvalue weighted by Crippen LogP contribution is 2.17. The smallest absolute Gasteiger partial charge is 0.322 e. The number of hydrogen-bond acceptors (Lipinski definition) is 7. The van der Waals surface area contributed by atoms with E-state index in [1.54, 1.807) is 17.2 Å². The molecule has 1 aliphatic heterocycles. The Morgan fingerprint density at radius 2 is 1.69 bits per heavy atom. The molecule has 0 atom stereocenters. The highest BCUT2D eigenvalue weighted by molar-refractivity contribution is 5.92. The maximum Gasteiger partial charge on any atom is 0.322 e. The standard InChI is InChI=1S/C28H33N5O6/c34-27(32(21-26-8-4-17-39-26)20-23-6-2-1-3-7-23)22-31(14-5-13-30-15-18-38-19-16-30)28(35)29-24-9-11-25(12-10-24)33(36)37/h1-4,6-12,17H,5,13-16,18-22H2,(H,29,35). The summed E-state index contributed by atoms with van der Waals surface area (Å²) < 4.78 is 10.9. The third kappa shape index (κ3) is 8.66. The Kier molecular flexibility index (Phi) is 10.0. The van der Waals surface area contributed by atoms with Crippen LogP contribution < -0.4 is 5.32 Å². The van der Waals surface area contributed by atoms with Gasteiger partial charge in [-0.2, -0.15) is 0 Å². The van der Waals surface area contributed by atoms with E-state index in [2.05, 4.69) is 10.2 Å². The van der Waals surface area contributed by atoms with Gasteiger partial charge in [0.25, 0.3) is 5.69 Å². The minimum Gasteiger partial charge on any atom is -0.467 e. The van der Waals surface area contributed by atoms with E-state index in [0.29, 0.717) is 44.2 Å². The van der Waals surface area contributed by atoms with Gasteiger partial charge in [-0.05, 0) is 36.2 Å². The Balaban J connectivity index is 1.46. The van der Waals surface area contributed by atoms with Crippen LogP contribution in [-0.4, -0.2) is 77.5 Å². The molecular formula is C28H33N5O6. The predicted octanol–water partition coefficient (Wildman–Crippen LogP) is 3.97. The maximum absolute atomic E-state index is 13.6. The van der Waals surface area contributed by atoms with E-state index in [1.807, 2.05) is 36.4 Å². The maximum atomic E-state index is 13.6. The summed E-state index contributed by atoms with van der Waals surface area (Å²) in [5.41, 5.74) is 1.31. The van der Waals surface area contributed by atoms with Gasteiger partial charge in [0.05, 0.1) is 30.9 Å². The van der Waals surface area contributed by atoms with Crippen LogP contribution >= 0.6 is 0 Å². The SMILES string of the molecule is O=C(CN(CCCN1CCOCC1)C(=O)Nc1ccc([N+](=O)[O-])cc1)N(Cc1ccccc1)Cc1ccco1. The van der Waals surface area contributed by atoms with Crippen molar-refractivity contribution in [3.05, 3.63) is 94.4 Å². The fourth-order valence-electron chi connectivity index (χ4n) is 4.32. The predicted molar refractivity (Wildman–Crippen MR) is 145 cm³/mol. The van der Waals surface area contributed by atoms with Crippen LogP contribution in [0.4, 0.5) is 16.2 Å². The van der Waals surface area contributed by atoms with Gasteiger partial charge in [0.15, 0.2) is 0 Å². The zero-order valence-electron chi connectivity index (χ0n) is 21.7. The summed E-state index contributed by atoms with van der Waals surface area (Å²) in [4.78, 5) is 42.8. The molecule has 2 heterocycles. The van der Waals surface area contributed by atoms with E-state index in [9.17, 15) is 19.7 Å². The molecule has 3 amide bonds. The van der Waals surface area contributed by atoms with E-state index in [0.717, 1.165) is 25.2 Å². The fourth-order valence-corrected chi connectivity index (χ4v) is 4.32. The largest absolute Gasteiger partial charge is 0.467 e. The lowest BCUT2D eigenvalue weighted by atomic mass is 10.2. The Bertz CT molecular complexity index is 1200. The van der Waals surface area contributed by atoms with Crippen LogP contribution in [0, 0.1) is 10.1 Å². The van der Waals surface area contributed by atoms with Gasteiger partial charge in [-0.1, -0.05) is 30.3 Å². The summed E-state index contributed by atoms with van der Waals surface area (Å²) in [5.74, 6) is 0.425. The summed E-state index contributed by atoms with van der Waals surface area (Å²) in [6.07, 6.45) is 2.24. The summed E-state index contributed by atoms with van der Waals surface area (Å²) >= 11 is 0. The molecule has 1 aliphatic rings. The first kappa shape index (κ1) is 27.8. The number of morpholine rings is 1. The van der Waals surface area contributed by atoms with E-state index >= 15 is 0 Å². The van der Waals surface area contributed by atoms with Crippen molar-refractivity contribution >= 4 is 23.3 Å². The Labute approximate surface area is 227 Å². The minimum atomic E-state index is -0.497. The molecule has 2 aromatic carbocycles. The Morgan fingerprint density at radius 3 is 2.36 bits per heavy atom. The second-order valence-electron chi connectivity index (χ2n) is 9.28. The molecule has 3 aromatic rings. The Hall–Kier alpha value is -4.22. The van der Waals surface area contributed by atoms with Crippen LogP contribution in [0.25, 0.3) is 0 Å². The molecule has 4 rings (SSSR count). The van der Waals surface area contributed by atoms with E-state index in [4.69, 9.17) is 9.15 Å². The number of furan rings is 1. The molecule has 1 fully saturated rings. The number of urea groups is 1. The normalized spacial score (nSPS) is 13.5. The van der Waals surface area contributed by atoms with Crippen LogP contribution in [-0.2, 0) is 22.6 Å². The van der Waals surface area contributed by atoms with Crippen molar-refractivity contribution in [2.75, 3.05) is 51.3 Å². The Morgan fingerprint density at radius 1 is 0.949 bits per heavy atom. The monoisotopic (exact) mass is 535 g/mol. The number of ether oxygens (including phenoxy) is 1. The number of non-ortho nitro benzene ring substituents is 1. The molecule has 206 valence electrons. The third-order valence-electron chi connectivity index (χ3n) is 6.44. The third-order valence-corrected chi connectivity index (χ3v) is 6.44. The second kappa shape index (κ2) is 14.1. The van der Waals surface area contributed by atoms with Gasteiger partial charge in [-0.3, -0.25) is 19.8 Å². The quantitative estimate of drug-likeness (QED) is 0.275. The molecule has 0 bridgehead atoms. The number of nitro benzene ring substituents is 1. The average Bonchev–Trinajstić information content (AvgIpc) is 3.47. The topological polar surface area (TPSA) is 121 Å². The van der Waals surface area contributed by atoms with Gasteiger partial charge in [-0.15, -0.1) is 0 Å². The van der Waals surface area contributed by atoms with Crippen molar-refractivity contribution < 1.29 is 23.7 Å². The van der Waals surface area contributed by atoms with Crippen LogP contribution in [0.3, 0.4) is 0 Å². The lowest BCUT2D eigenvalue weighted by Gasteiger charge is -2.30. The molecule has 11 nitrogen and oxygen atoms in total. The molecular weight excluding hydrogens is 502 g/mol. The number of carbonyl (C=O) groups excluding carboxylic acids is 2. The van der Waals surface area contributed by atoms with Crippen molar-refractivity contribution in [3.8, 4) is 0 Å². The minimum absolute atomic E-state index is 0.0694. The van der Waals surface area contributed by atoms with Crippen molar-refractivity contribution in [1.82, 2.24) is 14.7 Å². The van der Waals surface area contributed by atoms with Crippen molar-refractivity contribution in [2.24, 2.45) is 0 Å². The summed E-state index contributed by atoms with van der Waals surface area (Å²) in [6.45, 7) is 4.69. The number of anilines is 1. The number of rotatable bonds is 12. The lowest BCUT2D eigenvalue weighted by molar-refractivity contribution is -0.384. The zero-order valence-corrected chi connectivity index (χ0v) is 21.7. The van der Waals surface area contributed by atoms with Gasteiger partial charge < -0.3 is 24.3 Å². The van der Waals surface area contributed by atoms with Crippen LogP contribution in [0.5, 0.6) is 0 Å². The summed E-state index contributed by atoms with van der Waals surface area (Å²) in [5, 5.41) is 13.7. The molecule has 0 spiro atoms. The van der Waals surface area contributed by atoms with Crippen LogP contribution in [0.2, 0.25) is 0 Å². The number of amides is 3. The molecule has 0 radical (unpaired) electrons. The summed E-state index contributed by atoms with van der Waals surface area (Å²) in [6, 6.07) is 18.4. The number of nitrogens with one attached hydrogen (secondary N) is 1. The van der Waals surface area contributed by atoms with Crippen LogP contribution in [0.15, 0.2) is 77.4 Å². The van der Waals surface area contributed by atoms with Gasteiger partial charge in [0, 0.05) is 50.5 Å². The number of benzene rings is 2. The molecule has 0 unspecified atom stereocenters. The first-order valence-electron chi connectivity index (χ1n) is 12.9. The zero-order chi connectivity index (χ0) is 27.5. The number of nitrogens with zero attached hydrogens (tertiary/aromatic N) is 4. The van der Waals surface area contributed by atoms with E-state index < -0.39 is 11.0 Å². The van der Waals surface area contributed by atoms with Gasteiger partial charge in [-0.25, -0.2) is 4.79 Å². The number of nitro groups is 1. The lowest BCUT2D eigenvalue weighted by Crippen LogP contribution is -2.45. The molecule has 0 saturated carbocycles. The second-order valence-corrected chi connectivity index (χ2v) is 9.28. The van der Waals surface area contributed by atoms with Crippen molar-refractivity contribution in [3.63, 3.8) is 0 Å². The number of carbonyl (C=O) groups is 2. The highest BCUT2D eigenvalue weighted by Gasteiger charge is 2.23. The summed E-state index contributed by atoms with van der Waals surface area (Å²) in [7, 11) is 0. The molecule has 1 N–H and O–H groups in total. The molecule has 1 saturated heterocycles. The highest BCUT2D eigenvalue weighted by atomic mass is 16.6. The molecule has 0 aliphatic carbocycles. The van der Waals surface area contributed by atoms with Gasteiger partial charge in [0.1, 0.15) is 12.3 Å². The van der Waals surface area contributed by atoms with Gasteiger partial charge in [0.2, 0.25) is 5.91 Å². The van der Waals surface area contributed by atoms with Crippen LogP contribution in [0.1, 0.15) is 17.7 Å². The van der Waals surface area contributed by atoms with E-state index in [1.165, 1.54) is 29.2 Å². The van der Waals surface area contributed by atoms with Gasteiger partial charge >= 0.3 is 6.03 Å². The van der Waals surface area contributed by atoms with Crippen molar-refractivity contribution in [2.45, 2.75) is 19.5 Å². The van der Waals surface area contributed by atoms with Crippen molar-refractivity contribution in [1.29, 1.82) is 0 Å². The first-order chi connectivity index (χ1) is 19.0. The molecule has 39 heavy (non-hydrogen) atoms. The molecule has 1 aromatic heterocycles. The average molecular weight is 536 g/mol. The van der Waals surface area contributed by atoms with E-state index in [-0.39, 0.29) is 24.7 Å². The fraction of sp³-hybridized carbons (Fsp3) is 0.357. The number of hydrogen-bond donors (Lipinski definition) is 1. The first-order valence-corrected chi connectivity index (χ1v) is 12.9.